The van der Waals surface area contributed by atoms with E-state index < -0.39 is 12.1 Å². The van der Waals surface area contributed by atoms with Crippen molar-refractivity contribution < 1.29 is 19.1 Å². The van der Waals surface area contributed by atoms with Gasteiger partial charge in [0, 0.05) is 34.2 Å². The molecule has 3 aliphatic heterocycles. The van der Waals surface area contributed by atoms with Crippen LogP contribution < -0.4 is 10.1 Å². The maximum Gasteiger partial charge on any atom is 0.407 e. The van der Waals surface area contributed by atoms with E-state index in [4.69, 9.17) is 19.4 Å². The number of hydrogen-bond acceptors (Lipinski definition) is 7. The molecule has 2 aromatic heterocycles. The first kappa shape index (κ1) is 36.3. The van der Waals surface area contributed by atoms with Crippen molar-refractivity contribution in [3.8, 4) is 34.0 Å². The van der Waals surface area contributed by atoms with Crippen molar-refractivity contribution in [2.24, 2.45) is 11.8 Å². The highest BCUT2D eigenvalue weighted by Crippen LogP contribution is 2.62. The zero-order valence-corrected chi connectivity index (χ0v) is 32.4. The highest BCUT2D eigenvalue weighted by Gasteiger charge is 2.52. The Balaban J connectivity index is 0.992. The third-order valence-electron chi connectivity index (χ3n) is 12.8. The number of imidazole rings is 2. The molecule has 3 N–H and O–H groups in total. The summed E-state index contributed by atoms with van der Waals surface area (Å²) in [5.74, 6) is 4.27. The molecule has 11 heteroatoms. The fraction of sp³-hybridized carbons (Fsp3) is 0.535. The number of rotatable bonds is 12. The van der Waals surface area contributed by atoms with Crippen LogP contribution in [0.5, 0.6) is 11.5 Å². The topological polar surface area (TPSA) is 128 Å². The summed E-state index contributed by atoms with van der Waals surface area (Å²) in [4.78, 5) is 47.3. The number of hydrogen-bond donors (Lipinski definition) is 3. The number of fused-ring (bicyclic) bond motifs is 4. The van der Waals surface area contributed by atoms with Gasteiger partial charge in [0.1, 0.15) is 29.2 Å². The first-order valence-electron chi connectivity index (χ1n) is 20.2. The molecule has 1 aliphatic carbocycles. The van der Waals surface area contributed by atoms with Gasteiger partial charge < -0.3 is 29.7 Å². The van der Waals surface area contributed by atoms with Crippen molar-refractivity contribution in [3.05, 3.63) is 71.6 Å². The van der Waals surface area contributed by atoms with E-state index in [0.29, 0.717) is 12.6 Å². The first-order chi connectivity index (χ1) is 26.2. The minimum Gasteiger partial charge on any atom is -0.457 e. The molecule has 3 fully saturated rings. The molecule has 1 spiro atoms. The molecule has 5 atom stereocenters. The second-order valence-electron chi connectivity index (χ2n) is 16.2. The summed E-state index contributed by atoms with van der Waals surface area (Å²) in [5, 5.41) is 2.78. The summed E-state index contributed by atoms with van der Waals surface area (Å²) < 4.78 is 11.5. The maximum atomic E-state index is 13.8. The number of carbonyl (C=O) groups excluding carboxylic acids is 2. The summed E-state index contributed by atoms with van der Waals surface area (Å²) in [5.41, 5.74) is 6.46. The number of alkyl carbamates (subject to hydrolysis) is 1. The van der Waals surface area contributed by atoms with E-state index in [9.17, 15) is 9.59 Å². The van der Waals surface area contributed by atoms with Gasteiger partial charge in [-0.15, -0.1) is 0 Å². The average molecular weight is 734 g/mol. The van der Waals surface area contributed by atoms with Gasteiger partial charge in [-0.25, -0.2) is 14.8 Å². The second-order valence-corrected chi connectivity index (χ2v) is 16.2. The van der Waals surface area contributed by atoms with Crippen molar-refractivity contribution in [3.63, 3.8) is 0 Å². The van der Waals surface area contributed by atoms with E-state index in [1.54, 1.807) is 0 Å². The van der Waals surface area contributed by atoms with E-state index in [1.807, 2.05) is 31.1 Å². The SMILES string of the molecule is CCC(C)CCN1CCCC1c1ncc(-c2ccc3c(c2)Oc2ccc(-c4cnc(C5CCCN5C(=O)C(NC(=O)OC)C(C)CC)[nH]4)cc2C32CC2)[nH]1. The van der Waals surface area contributed by atoms with Crippen LogP contribution in [0, 0.1) is 11.8 Å². The zero-order chi connectivity index (χ0) is 37.6. The van der Waals surface area contributed by atoms with Crippen LogP contribution in [0.1, 0.15) is 120 Å². The molecule has 0 bridgehead atoms. The number of likely N-dealkylation sites (tertiary alicyclic amines) is 2. The molecule has 1 saturated carbocycles. The largest absolute Gasteiger partial charge is 0.457 e. The van der Waals surface area contributed by atoms with E-state index in [-0.39, 0.29) is 23.3 Å². The summed E-state index contributed by atoms with van der Waals surface area (Å²) in [6, 6.07) is 12.6. The van der Waals surface area contributed by atoms with Crippen LogP contribution in [0.2, 0.25) is 0 Å². The first-order valence-corrected chi connectivity index (χ1v) is 20.2. The fourth-order valence-corrected chi connectivity index (χ4v) is 8.92. The molecule has 2 aromatic carbocycles. The van der Waals surface area contributed by atoms with Crippen LogP contribution in [0.15, 0.2) is 48.8 Å². The van der Waals surface area contributed by atoms with Crippen molar-refractivity contribution >= 4 is 12.0 Å². The fourth-order valence-electron chi connectivity index (χ4n) is 8.92. The molecule has 4 aliphatic rings. The number of amides is 2. The molecule has 54 heavy (non-hydrogen) atoms. The van der Waals surface area contributed by atoms with Crippen LogP contribution in [0.4, 0.5) is 4.79 Å². The Bertz CT molecular complexity index is 2000. The monoisotopic (exact) mass is 733 g/mol. The molecule has 286 valence electrons. The smallest absolute Gasteiger partial charge is 0.407 e. The predicted octanol–water partition coefficient (Wildman–Crippen LogP) is 8.66. The Hall–Kier alpha value is -4.64. The standard InChI is InChI=1S/C43H55N7O4/c1-6-26(3)16-21-49-19-8-10-34(49)39-44-25-33(46-39)29-12-14-30-37(23-29)54-36-15-13-28(22-31(36)43(30)17-18-43)32-24-45-40(47-32)35-11-9-20-50(35)41(51)38(27(4)7-2)48-42(52)53-5/h12-15,22-27,34-35,38H,6-11,16-21H2,1-5H3,(H,44,46)(H,45,47)(H,48,52). The number of ether oxygens (including phenoxy) is 2. The molecular weight excluding hydrogens is 679 g/mol. The Labute approximate surface area is 318 Å². The van der Waals surface area contributed by atoms with Crippen LogP contribution in [0.25, 0.3) is 22.5 Å². The van der Waals surface area contributed by atoms with Crippen molar-refractivity contribution in [1.29, 1.82) is 0 Å². The molecule has 2 saturated heterocycles. The summed E-state index contributed by atoms with van der Waals surface area (Å²) >= 11 is 0. The third-order valence-corrected chi connectivity index (χ3v) is 12.8. The van der Waals surface area contributed by atoms with E-state index >= 15 is 0 Å². The average Bonchev–Trinajstić information content (AvgIpc) is 3.75. The van der Waals surface area contributed by atoms with Gasteiger partial charge in [-0.1, -0.05) is 52.7 Å². The lowest BCUT2D eigenvalue weighted by molar-refractivity contribution is -0.135. The minimum absolute atomic E-state index is 0.0373. The van der Waals surface area contributed by atoms with Gasteiger partial charge in [-0.05, 0) is 94.1 Å². The van der Waals surface area contributed by atoms with E-state index in [1.165, 1.54) is 37.5 Å². The molecule has 0 radical (unpaired) electrons. The third kappa shape index (κ3) is 6.69. The lowest BCUT2D eigenvalue weighted by Gasteiger charge is -2.30. The predicted molar refractivity (Wildman–Crippen MR) is 208 cm³/mol. The molecule has 5 heterocycles. The van der Waals surface area contributed by atoms with Crippen molar-refractivity contribution in [2.75, 3.05) is 26.7 Å². The quantitative estimate of drug-likeness (QED) is 0.133. The number of nitrogens with one attached hydrogen (secondary N) is 3. The Morgan fingerprint density at radius 1 is 0.907 bits per heavy atom. The summed E-state index contributed by atoms with van der Waals surface area (Å²) in [7, 11) is 1.32. The van der Waals surface area contributed by atoms with Gasteiger partial charge in [-0.2, -0.15) is 0 Å². The van der Waals surface area contributed by atoms with Gasteiger partial charge in [0.15, 0.2) is 0 Å². The number of aromatic nitrogens is 4. The molecule has 5 unspecified atom stereocenters. The van der Waals surface area contributed by atoms with Gasteiger partial charge >= 0.3 is 6.09 Å². The normalized spacial score (nSPS) is 21.6. The lowest BCUT2D eigenvalue weighted by Crippen LogP contribution is -2.51. The number of methoxy groups -OCH3 is 1. The number of carbonyl (C=O) groups is 2. The maximum absolute atomic E-state index is 13.8. The highest BCUT2D eigenvalue weighted by atomic mass is 16.5. The number of aromatic amines is 2. The van der Waals surface area contributed by atoms with Gasteiger partial charge in [-0.3, -0.25) is 9.69 Å². The highest BCUT2D eigenvalue weighted by molar-refractivity contribution is 5.86. The minimum atomic E-state index is -0.657. The Morgan fingerprint density at radius 2 is 1.59 bits per heavy atom. The van der Waals surface area contributed by atoms with Crippen molar-refractivity contribution in [1.82, 2.24) is 35.1 Å². The number of benzene rings is 2. The Morgan fingerprint density at radius 3 is 2.30 bits per heavy atom. The lowest BCUT2D eigenvalue weighted by atomic mass is 9.83. The van der Waals surface area contributed by atoms with Crippen LogP contribution in [-0.4, -0.2) is 74.5 Å². The number of nitrogens with zero attached hydrogens (tertiary/aromatic N) is 4. The second kappa shape index (κ2) is 14.9. The summed E-state index contributed by atoms with van der Waals surface area (Å²) in [6.07, 6.45) is 12.7. The Kier molecular flexibility index (Phi) is 10.0. The van der Waals surface area contributed by atoms with Gasteiger partial charge in [0.25, 0.3) is 0 Å². The van der Waals surface area contributed by atoms with Crippen LogP contribution in [-0.2, 0) is 14.9 Å². The molecule has 11 nitrogen and oxygen atoms in total. The molecular formula is C43H55N7O4. The van der Waals surface area contributed by atoms with Crippen LogP contribution in [0.3, 0.4) is 0 Å². The van der Waals surface area contributed by atoms with Crippen LogP contribution >= 0.6 is 0 Å². The molecule has 4 aromatic rings. The number of H-pyrrole nitrogens is 2. The molecule has 8 rings (SSSR count). The summed E-state index contributed by atoms with van der Waals surface area (Å²) in [6.45, 7) is 11.5. The zero-order valence-electron chi connectivity index (χ0n) is 32.4. The van der Waals surface area contributed by atoms with E-state index in [2.05, 4.69) is 70.4 Å². The van der Waals surface area contributed by atoms with E-state index in [0.717, 1.165) is 103 Å². The van der Waals surface area contributed by atoms with Gasteiger partial charge in [0.05, 0.1) is 43.0 Å². The molecule has 2 amide bonds. The van der Waals surface area contributed by atoms with Gasteiger partial charge in [0.2, 0.25) is 5.91 Å². The van der Waals surface area contributed by atoms with Crippen molar-refractivity contribution in [2.45, 2.75) is 109 Å².